The highest BCUT2D eigenvalue weighted by Gasteiger charge is 2.39. The summed E-state index contributed by atoms with van der Waals surface area (Å²) in [5.74, 6) is -0.708. The molecule has 4 nitrogen and oxygen atoms in total. The highest BCUT2D eigenvalue weighted by atomic mass is 16.5. The van der Waals surface area contributed by atoms with E-state index in [4.69, 9.17) is 9.84 Å². The minimum absolute atomic E-state index is 0.0662. The lowest BCUT2D eigenvalue weighted by Gasteiger charge is -2.33. The average molecular weight is 213 g/mol. The van der Waals surface area contributed by atoms with Crippen molar-refractivity contribution in [2.45, 2.75) is 37.7 Å². The smallest absolute Gasteiger partial charge is 0.304 e. The number of nitrogens with zero attached hydrogens (tertiary/aromatic N) is 1. The van der Waals surface area contributed by atoms with Crippen LogP contribution >= 0.6 is 0 Å². The second kappa shape index (κ2) is 4.49. The van der Waals surface area contributed by atoms with Gasteiger partial charge in [0, 0.05) is 26.2 Å². The molecule has 1 spiro atoms. The topological polar surface area (TPSA) is 49.8 Å². The quantitative estimate of drug-likeness (QED) is 0.763. The van der Waals surface area contributed by atoms with Gasteiger partial charge in [-0.3, -0.25) is 9.69 Å². The molecule has 0 amide bonds. The number of rotatable bonds is 3. The van der Waals surface area contributed by atoms with Crippen LogP contribution in [-0.2, 0) is 9.53 Å². The number of carbonyl (C=O) groups is 1. The molecular weight excluding hydrogens is 194 g/mol. The van der Waals surface area contributed by atoms with Crippen LogP contribution in [0.2, 0.25) is 0 Å². The highest BCUT2D eigenvalue weighted by molar-refractivity contribution is 5.66. The van der Waals surface area contributed by atoms with Crippen molar-refractivity contribution in [1.29, 1.82) is 0 Å². The summed E-state index contributed by atoms with van der Waals surface area (Å²) in [5, 5.41) is 8.62. The third-order valence-corrected chi connectivity index (χ3v) is 3.47. The van der Waals surface area contributed by atoms with Crippen molar-refractivity contribution in [3.63, 3.8) is 0 Å². The highest BCUT2D eigenvalue weighted by Crippen LogP contribution is 2.33. The fourth-order valence-electron chi connectivity index (χ4n) is 2.60. The third kappa shape index (κ3) is 2.69. The van der Waals surface area contributed by atoms with E-state index in [1.165, 1.54) is 12.8 Å². The first-order chi connectivity index (χ1) is 7.20. The summed E-state index contributed by atoms with van der Waals surface area (Å²) in [4.78, 5) is 12.7. The predicted molar refractivity (Wildman–Crippen MR) is 55.8 cm³/mol. The summed E-state index contributed by atoms with van der Waals surface area (Å²) in [6.07, 6.45) is 4.91. The Balaban J connectivity index is 1.80. The molecule has 2 rings (SSSR count). The molecule has 2 aliphatic rings. The standard InChI is InChI=1S/C11H19NO3/c13-10(14)3-6-12-7-5-11(9-12)4-1-2-8-15-11/h1-9H2,(H,13,14). The van der Waals surface area contributed by atoms with Gasteiger partial charge in [0.1, 0.15) is 0 Å². The Morgan fingerprint density at radius 2 is 2.27 bits per heavy atom. The van der Waals surface area contributed by atoms with Crippen molar-refractivity contribution in [2.24, 2.45) is 0 Å². The molecule has 0 saturated carbocycles. The number of hydrogen-bond donors (Lipinski definition) is 1. The summed E-state index contributed by atoms with van der Waals surface area (Å²) in [5.41, 5.74) is 0.0662. The molecule has 0 aromatic carbocycles. The van der Waals surface area contributed by atoms with E-state index < -0.39 is 5.97 Å². The van der Waals surface area contributed by atoms with Crippen LogP contribution in [0.1, 0.15) is 32.1 Å². The van der Waals surface area contributed by atoms with E-state index in [2.05, 4.69) is 4.90 Å². The molecule has 0 aromatic heterocycles. The van der Waals surface area contributed by atoms with Gasteiger partial charge in [0.25, 0.3) is 0 Å². The largest absolute Gasteiger partial charge is 0.481 e. The van der Waals surface area contributed by atoms with Gasteiger partial charge in [-0.05, 0) is 25.7 Å². The van der Waals surface area contributed by atoms with Gasteiger partial charge in [0.2, 0.25) is 0 Å². The Kier molecular flexibility index (Phi) is 3.26. The zero-order valence-corrected chi connectivity index (χ0v) is 9.07. The molecule has 0 bridgehead atoms. The molecule has 4 heteroatoms. The second-order valence-electron chi connectivity index (χ2n) is 4.66. The maximum Gasteiger partial charge on any atom is 0.304 e. The first kappa shape index (κ1) is 10.9. The molecule has 1 unspecified atom stereocenters. The lowest BCUT2D eigenvalue weighted by Crippen LogP contribution is -2.39. The SMILES string of the molecule is O=C(O)CCN1CCC2(CCCCO2)C1. The van der Waals surface area contributed by atoms with Gasteiger partial charge in [-0.2, -0.15) is 0 Å². The van der Waals surface area contributed by atoms with Crippen LogP contribution in [0.3, 0.4) is 0 Å². The van der Waals surface area contributed by atoms with E-state index in [0.717, 1.165) is 32.5 Å². The van der Waals surface area contributed by atoms with Crippen molar-refractivity contribution in [3.8, 4) is 0 Å². The fourth-order valence-corrected chi connectivity index (χ4v) is 2.60. The van der Waals surface area contributed by atoms with Gasteiger partial charge in [-0.15, -0.1) is 0 Å². The van der Waals surface area contributed by atoms with Gasteiger partial charge in [0.15, 0.2) is 0 Å². The van der Waals surface area contributed by atoms with Crippen molar-refractivity contribution in [1.82, 2.24) is 4.90 Å². The first-order valence-electron chi connectivity index (χ1n) is 5.78. The number of hydrogen-bond acceptors (Lipinski definition) is 3. The summed E-state index contributed by atoms with van der Waals surface area (Å²) >= 11 is 0. The Morgan fingerprint density at radius 3 is 2.93 bits per heavy atom. The van der Waals surface area contributed by atoms with Crippen LogP contribution in [-0.4, -0.2) is 47.8 Å². The monoisotopic (exact) mass is 213 g/mol. The van der Waals surface area contributed by atoms with Crippen LogP contribution in [0.25, 0.3) is 0 Å². The van der Waals surface area contributed by atoms with E-state index >= 15 is 0 Å². The van der Waals surface area contributed by atoms with E-state index in [-0.39, 0.29) is 12.0 Å². The third-order valence-electron chi connectivity index (χ3n) is 3.47. The lowest BCUT2D eigenvalue weighted by atomic mass is 9.93. The number of likely N-dealkylation sites (tertiary alicyclic amines) is 1. The molecule has 2 saturated heterocycles. The Bertz CT molecular complexity index is 236. The minimum atomic E-state index is -0.708. The van der Waals surface area contributed by atoms with Gasteiger partial charge < -0.3 is 9.84 Å². The molecule has 0 aromatic rings. The zero-order valence-electron chi connectivity index (χ0n) is 9.07. The van der Waals surface area contributed by atoms with E-state index in [0.29, 0.717) is 6.54 Å². The van der Waals surface area contributed by atoms with Gasteiger partial charge >= 0.3 is 5.97 Å². The lowest BCUT2D eigenvalue weighted by molar-refractivity contribution is -0.137. The Morgan fingerprint density at radius 1 is 1.40 bits per heavy atom. The molecule has 0 aliphatic carbocycles. The maximum atomic E-state index is 10.5. The van der Waals surface area contributed by atoms with Crippen molar-refractivity contribution in [2.75, 3.05) is 26.2 Å². The van der Waals surface area contributed by atoms with E-state index in [1.807, 2.05) is 0 Å². The van der Waals surface area contributed by atoms with Crippen LogP contribution in [0.15, 0.2) is 0 Å². The number of carboxylic acid groups (broad SMARTS) is 1. The molecule has 2 heterocycles. The van der Waals surface area contributed by atoms with Crippen molar-refractivity contribution in [3.05, 3.63) is 0 Å². The number of carboxylic acids is 1. The van der Waals surface area contributed by atoms with Gasteiger partial charge in [-0.25, -0.2) is 0 Å². The average Bonchev–Trinajstić information content (AvgIpc) is 2.60. The maximum absolute atomic E-state index is 10.5. The molecular formula is C11H19NO3. The first-order valence-corrected chi connectivity index (χ1v) is 5.78. The Hall–Kier alpha value is -0.610. The van der Waals surface area contributed by atoms with Crippen LogP contribution in [0.5, 0.6) is 0 Å². The number of aliphatic carboxylic acids is 1. The minimum Gasteiger partial charge on any atom is -0.481 e. The molecule has 86 valence electrons. The van der Waals surface area contributed by atoms with Crippen LogP contribution in [0.4, 0.5) is 0 Å². The van der Waals surface area contributed by atoms with Gasteiger partial charge in [0.05, 0.1) is 12.0 Å². The second-order valence-corrected chi connectivity index (χ2v) is 4.66. The van der Waals surface area contributed by atoms with Crippen molar-refractivity contribution >= 4 is 5.97 Å². The summed E-state index contributed by atoms with van der Waals surface area (Å²) in [7, 11) is 0. The number of ether oxygens (including phenoxy) is 1. The molecule has 0 radical (unpaired) electrons. The van der Waals surface area contributed by atoms with E-state index in [9.17, 15) is 4.79 Å². The molecule has 2 fully saturated rings. The normalized spacial score (nSPS) is 32.3. The predicted octanol–water partition coefficient (Wildman–Crippen LogP) is 1.11. The fraction of sp³-hybridized carbons (Fsp3) is 0.909. The van der Waals surface area contributed by atoms with Crippen molar-refractivity contribution < 1.29 is 14.6 Å². The molecule has 1 atom stereocenters. The van der Waals surface area contributed by atoms with E-state index in [1.54, 1.807) is 0 Å². The van der Waals surface area contributed by atoms with Gasteiger partial charge in [-0.1, -0.05) is 0 Å². The molecule has 1 N–H and O–H groups in total. The molecule has 15 heavy (non-hydrogen) atoms. The summed E-state index contributed by atoms with van der Waals surface area (Å²) in [6, 6.07) is 0. The van der Waals surface area contributed by atoms with Crippen LogP contribution in [0, 0.1) is 0 Å². The summed E-state index contributed by atoms with van der Waals surface area (Å²) < 4.78 is 5.87. The molecule has 2 aliphatic heterocycles. The van der Waals surface area contributed by atoms with Crippen LogP contribution < -0.4 is 0 Å². The zero-order chi connectivity index (χ0) is 10.7. The Labute approximate surface area is 90.2 Å². The summed E-state index contributed by atoms with van der Waals surface area (Å²) in [6.45, 7) is 3.47.